The first-order chi connectivity index (χ1) is 13.7. The number of esters is 1. The van der Waals surface area contributed by atoms with Crippen LogP contribution in [0.15, 0.2) is 23.5 Å². The van der Waals surface area contributed by atoms with Crippen molar-refractivity contribution in [3.63, 3.8) is 0 Å². The quantitative estimate of drug-likeness (QED) is 0.609. The summed E-state index contributed by atoms with van der Waals surface area (Å²) in [5.41, 5.74) is 0.585. The van der Waals surface area contributed by atoms with Gasteiger partial charge < -0.3 is 9.47 Å². The zero-order chi connectivity index (χ0) is 21.0. The number of allylic oxidation sites excluding steroid dienone is 4. The van der Waals surface area contributed by atoms with Crippen molar-refractivity contribution in [3.05, 3.63) is 23.5 Å². The van der Waals surface area contributed by atoms with Crippen LogP contribution in [-0.4, -0.2) is 25.0 Å². The maximum Gasteiger partial charge on any atom is 0.311 e. The molecule has 0 unspecified atom stereocenters. The van der Waals surface area contributed by atoms with Crippen molar-refractivity contribution in [2.75, 3.05) is 7.11 Å². The van der Waals surface area contributed by atoms with E-state index in [2.05, 4.69) is 19.1 Å². The second-order valence-corrected chi connectivity index (χ2v) is 10.6. The number of Topliss-reactive ketones (excluding diaryl/α,β-unsaturated/α-hetero) is 1. The molecule has 160 valence electrons. The lowest BCUT2D eigenvalue weighted by Crippen LogP contribution is -2.50. The number of rotatable bonds is 3. The molecule has 0 bridgehead atoms. The maximum atomic E-state index is 13.2. The van der Waals surface area contributed by atoms with Crippen LogP contribution >= 0.6 is 0 Å². The van der Waals surface area contributed by atoms with E-state index in [0.717, 1.165) is 44.3 Å². The van der Waals surface area contributed by atoms with Crippen LogP contribution in [-0.2, 0) is 19.1 Å². The fraction of sp³-hybridized carbons (Fsp3) is 0.760. The van der Waals surface area contributed by atoms with E-state index in [0.29, 0.717) is 30.0 Å². The molecule has 0 aromatic carbocycles. The summed E-state index contributed by atoms with van der Waals surface area (Å²) < 4.78 is 11.6. The zero-order valence-electron chi connectivity index (χ0n) is 18.6. The number of carbonyl (C=O) groups is 2. The van der Waals surface area contributed by atoms with Gasteiger partial charge in [0.2, 0.25) is 0 Å². The Hall–Kier alpha value is -1.58. The van der Waals surface area contributed by atoms with Gasteiger partial charge in [-0.05, 0) is 82.3 Å². The Labute approximate surface area is 175 Å². The van der Waals surface area contributed by atoms with Crippen LogP contribution in [0, 0.1) is 34.5 Å². The van der Waals surface area contributed by atoms with Crippen LogP contribution in [0.1, 0.15) is 72.6 Å². The van der Waals surface area contributed by atoms with Crippen molar-refractivity contribution in [2.45, 2.75) is 78.7 Å². The minimum absolute atomic E-state index is 0.163. The minimum Gasteiger partial charge on any atom is -0.501 e. The third-order valence-corrected chi connectivity index (χ3v) is 8.28. The van der Waals surface area contributed by atoms with Crippen molar-refractivity contribution in [2.24, 2.45) is 34.5 Å². The Morgan fingerprint density at radius 1 is 1.24 bits per heavy atom. The molecule has 4 rings (SSSR count). The predicted octanol–water partition coefficient (Wildman–Crippen LogP) is 5.23. The Kier molecular flexibility index (Phi) is 5.19. The maximum absolute atomic E-state index is 13.2. The van der Waals surface area contributed by atoms with Gasteiger partial charge in [-0.1, -0.05) is 13.0 Å². The van der Waals surface area contributed by atoms with Crippen molar-refractivity contribution in [3.8, 4) is 0 Å². The van der Waals surface area contributed by atoms with Crippen molar-refractivity contribution < 1.29 is 19.1 Å². The molecule has 0 heterocycles. The van der Waals surface area contributed by atoms with Gasteiger partial charge in [-0.15, -0.1) is 0 Å². The molecule has 0 saturated heterocycles. The molecule has 0 N–H and O–H groups in total. The summed E-state index contributed by atoms with van der Waals surface area (Å²) >= 11 is 0. The normalized spacial score (nSPS) is 38.9. The number of hydrogen-bond donors (Lipinski definition) is 0. The van der Waals surface area contributed by atoms with Gasteiger partial charge in [0, 0.05) is 24.2 Å². The summed E-state index contributed by atoms with van der Waals surface area (Å²) in [6.45, 7) is 7.82. The largest absolute Gasteiger partial charge is 0.501 e. The standard InChI is InChI=1S/C25H36O4/c1-6-25-12-11-18-17-10-8-16(28-5)13-15(17)7-9-19(18)22(25)20(14-21(25)26)29-23(27)24(2,3)4/h7,13,17-20,22H,6,8-12,14H2,1-5H3/t17-,18+,19+,20-,22+,25+/m0/s1. The third-order valence-electron chi connectivity index (χ3n) is 8.28. The number of methoxy groups -OCH3 is 1. The molecule has 0 spiro atoms. The first-order valence-corrected chi connectivity index (χ1v) is 11.4. The van der Waals surface area contributed by atoms with Gasteiger partial charge in [-0.25, -0.2) is 0 Å². The highest BCUT2D eigenvalue weighted by Crippen LogP contribution is 2.61. The molecular formula is C25H36O4. The van der Waals surface area contributed by atoms with E-state index in [1.54, 1.807) is 7.11 Å². The molecule has 0 aromatic heterocycles. The monoisotopic (exact) mass is 400 g/mol. The summed E-state index contributed by atoms with van der Waals surface area (Å²) in [5, 5.41) is 0. The molecule has 0 aliphatic heterocycles. The van der Waals surface area contributed by atoms with Gasteiger partial charge in [-0.3, -0.25) is 9.59 Å². The van der Waals surface area contributed by atoms with Gasteiger partial charge in [-0.2, -0.15) is 0 Å². The average Bonchev–Trinajstić information content (AvgIpc) is 2.98. The lowest BCUT2D eigenvalue weighted by molar-refractivity contribution is -0.166. The molecule has 4 heteroatoms. The Balaban J connectivity index is 1.66. The fourth-order valence-electron chi connectivity index (χ4n) is 6.74. The third kappa shape index (κ3) is 3.27. The van der Waals surface area contributed by atoms with Crippen LogP contribution in [0.2, 0.25) is 0 Å². The molecule has 2 saturated carbocycles. The van der Waals surface area contributed by atoms with Crippen LogP contribution < -0.4 is 0 Å². The highest BCUT2D eigenvalue weighted by Gasteiger charge is 2.62. The van der Waals surface area contributed by atoms with E-state index < -0.39 is 5.41 Å². The molecule has 0 aromatic rings. The summed E-state index contributed by atoms with van der Waals surface area (Å²) in [6.07, 6.45) is 10.8. The number of ketones is 1. The fourth-order valence-corrected chi connectivity index (χ4v) is 6.74. The molecule has 4 nitrogen and oxygen atoms in total. The molecule has 4 aliphatic rings. The molecule has 29 heavy (non-hydrogen) atoms. The minimum atomic E-state index is -0.543. The van der Waals surface area contributed by atoms with Crippen LogP contribution in [0.5, 0.6) is 0 Å². The van der Waals surface area contributed by atoms with Crippen molar-refractivity contribution >= 4 is 11.8 Å². The first kappa shape index (κ1) is 20.7. The lowest BCUT2D eigenvalue weighted by Gasteiger charge is -2.52. The SMILES string of the molecule is CC[C@]12CC[C@H]3[C@@H](CC=C4C=C(OC)CC[C@@H]43)[C@@H]1[C@@H](OC(=O)C(C)(C)C)CC2=O. The van der Waals surface area contributed by atoms with Gasteiger partial charge in [0.05, 0.1) is 18.3 Å². The second kappa shape index (κ2) is 7.28. The number of fused-ring (bicyclic) bond motifs is 5. The number of hydrogen-bond acceptors (Lipinski definition) is 4. The van der Waals surface area contributed by atoms with E-state index in [1.807, 2.05) is 20.8 Å². The smallest absolute Gasteiger partial charge is 0.311 e. The van der Waals surface area contributed by atoms with Crippen LogP contribution in [0.25, 0.3) is 0 Å². The van der Waals surface area contributed by atoms with E-state index >= 15 is 0 Å². The van der Waals surface area contributed by atoms with E-state index in [1.165, 1.54) is 5.57 Å². The zero-order valence-corrected chi connectivity index (χ0v) is 18.6. The summed E-state index contributed by atoms with van der Waals surface area (Å²) in [5.74, 6) is 2.96. The Morgan fingerprint density at radius 2 is 2.00 bits per heavy atom. The van der Waals surface area contributed by atoms with Crippen LogP contribution in [0.3, 0.4) is 0 Å². The number of ether oxygens (including phenoxy) is 2. The predicted molar refractivity (Wildman–Crippen MR) is 112 cm³/mol. The van der Waals surface area contributed by atoms with Gasteiger partial charge in [0.1, 0.15) is 11.9 Å². The topological polar surface area (TPSA) is 52.6 Å². The molecule has 0 amide bonds. The van der Waals surface area contributed by atoms with Gasteiger partial charge in [0.25, 0.3) is 0 Å². The Bertz CT molecular complexity index is 755. The highest BCUT2D eigenvalue weighted by molar-refractivity contribution is 5.89. The van der Waals surface area contributed by atoms with E-state index in [9.17, 15) is 9.59 Å². The van der Waals surface area contributed by atoms with Crippen LogP contribution in [0.4, 0.5) is 0 Å². The van der Waals surface area contributed by atoms with Gasteiger partial charge in [0.15, 0.2) is 0 Å². The van der Waals surface area contributed by atoms with Crippen molar-refractivity contribution in [1.29, 1.82) is 0 Å². The summed E-state index contributed by atoms with van der Waals surface area (Å²) in [7, 11) is 1.76. The molecule has 4 aliphatic carbocycles. The molecule has 6 atom stereocenters. The second-order valence-electron chi connectivity index (χ2n) is 10.6. The average molecular weight is 401 g/mol. The molecule has 2 fully saturated rings. The van der Waals surface area contributed by atoms with Crippen molar-refractivity contribution in [1.82, 2.24) is 0 Å². The first-order valence-electron chi connectivity index (χ1n) is 11.4. The molecular weight excluding hydrogens is 364 g/mol. The molecule has 0 radical (unpaired) electrons. The summed E-state index contributed by atoms with van der Waals surface area (Å²) in [4.78, 5) is 25.9. The highest BCUT2D eigenvalue weighted by atomic mass is 16.5. The van der Waals surface area contributed by atoms with Gasteiger partial charge >= 0.3 is 5.97 Å². The number of carbonyl (C=O) groups excluding carboxylic acids is 2. The van der Waals surface area contributed by atoms with E-state index in [4.69, 9.17) is 9.47 Å². The summed E-state index contributed by atoms with van der Waals surface area (Å²) in [6, 6.07) is 0. The lowest BCUT2D eigenvalue weighted by atomic mass is 9.52. The van der Waals surface area contributed by atoms with E-state index in [-0.39, 0.29) is 23.4 Å². The Morgan fingerprint density at radius 3 is 2.66 bits per heavy atom.